The SMILES string of the molecule is O=S(=O)(N[C@H]1[C@H](O)[C@H](O)C[C@@H]1C1CCCCC1)c1ccccc1. The third kappa shape index (κ3) is 3.60. The first-order chi connectivity index (χ1) is 11.0. The van der Waals surface area contributed by atoms with E-state index in [1.165, 1.54) is 18.6 Å². The van der Waals surface area contributed by atoms with Crippen molar-refractivity contribution >= 4 is 10.0 Å². The predicted molar refractivity (Wildman–Crippen MR) is 87.2 cm³/mol. The van der Waals surface area contributed by atoms with Crippen LogP contribution in [0.4, 0.5) is 0 Å². The monoisotopic (exact) mass is 339 g/mol. The van der Waals surface area contributed by atoms with Crippen LogP contribution in [0.2, 0.25) is 0 Å². The minimum atomic E-state index is -3.69. The maximum absolute atomic E-state index is 12.6. The van der Waals surface area contributed by atoms with E-state index < -0.39 is 28.3 Å². The molecule has 128 valence electrons. The number of sulfonamides is 1. The third-order valence-electron chi connectivity index (χ3n) is 5.34. The normalized spacial score (nSPS) is 33.0. The van der Waals surface area contributed by atoms with Gasteiger partial charge in [-0.05, 0) is 30.4 Å². The van der Waals surface area contributed by atoms with E-state index in [1.54, 1.807) is 18.2 Å². The second-order valence-corrected chi connectivity index (χ2v) is 8.53. The first-order valence-corrected chi connectivity index (χ1v) is 9.91. The highest BCUT2D eigenvalue weighted by molar-refractivity contribution is 7.89. The molecule has 2 saturated carbocycles. The number of hydrogen-bond acceptors (Lipinski definition) is 4. The fourth-order valence-electron chi connectivity index (χ4n) is 4.11. The first-order valence-electron chi connectivity index (χ1n) is 8.42. The van der Waals surface area contributed by atoms with Gasteiger partial charge in [0, 0.05) is 0 Å². The van der Waals surface area contributed by atoms with Crippen molar-refractivity contribution in [2.45, 2.75) is 61.7 Å². The second-order valence-electron chi connectivity index (χ2n) is 6.82. The molecule has 0 aromatic heterocycles. The van der Waals surface area contributed by atoms with Crippen LogP contribution in [-0.2, 0) is 10.0 Å². The van der Waals surface area contributed by atoms with Crippen molar-refractivity contribution in [2.24, 2.45) is 11.8 Å². The van der Waals surface area contributed by atoms with Crippen molar-refractivity contribution in [3.05, 3.63) is 30.3 Å². The largest absolute Gasteiger partial charge is 0.390 e. The molecule has 0 heterocycles. The standard InChI is InChI=1S/C17H25NO4S/c19-15-11-14(12-7-3-1-4-8-12)16(17(15)20)18-23(21,22)13-9-5-2-6-10-13/h2,5-6,9-10,12,14-20H,1,3-4,7-8,11H2/t14-,15-,16-,17-/m1/s1. The Balaban J connectivity index is 1.80. The molecule has 5 nitrogen and oxygen atoms in total. The molecular formula is C17H25NO4S. The van der Waals surface area contributed by atoms with Crippen molar-refractivity contribution < 1.29 is 18.6 Å². The maximum Gasteiger partial charge on any atom is 0.240 e. The molecule has 6 heteroatoms. The number of benzene rings is 1. The Morgan fingerprint density at radius 3 is 2.30 bits per heavy atom. The molecule has 2 aliphatic rings. The van der Waals surface area contributed by atoms with E-state index >= 15 is 0 Å². The molecule has 2 aliphatic carbocycles. The zero-order chi connectivity index (χ0) is 16.4. The van der Waals surface area contributed by atoms with E-state index in [4.69, 9.17) is 0 Å². The van der Waals surface area contributed by atoms with Gasteiger partial charge in [-0.3, -0.25) is 0 Å². The van der Waals surface area contributed by atoms with Gasteiger partial charge in [-0.2, -0.15) is 0 Å². The van der Waals surface area contributed by atoms with Gasteiger partial charge in [0.25, 0.3) is 0 Å². The van der Waals surface area contributed by atoms with Gasteiger partial charge in [0.1, 0.15) is 0 Å². The molecule has 0 bridgehead atoms. The summed E-state index contributed by atoms with van der Waals surface area (Å²) in [7, 11) is -3.69. The molecular weight excluding hydrogens is 314 g/mol. The van der Waals surface area contributed by atoms with Gasteiger partial charge < -0.3 is 10.2 Å². The van der Waals surface area contributed by atoms with Gasteiger partial charge in [-0.15, -0.1) is 0 Å². The minimum Gasteiger partial charge on any atom is -0.390 e. The fourth-order valence-corrected chi connectivity index (χ4v) is 5.43. The van der Waals surface area contributed by atoms with Crippen molar-refractivity contribution in [3.63, 3.8) is 0 Å². The van der Waals surface area contributed by atoms with E-state index in [2.05, 4.69) is 4.72 Å². The number of nitrogens with one attached hydrogen (secondary N) is 1. The molecule has 0 aliphatic heterocycles. The lowest BCUT2D eigenvalue weighted by Gasteiger charge is -2.32. The van der Waals surface area contributed by atoms with Crippen LogP contribution in [0.15, 0.2) is 35.2 Å². The number of rotatable bonds is 4. The van der Waals surface area contributed by atoms with Gasteiger partial charge in [0.15, 0.2) is 0 Å². The molecule has 0 amide bonds. The summed E-state index contributed by atoms with van der Waals surface area (Å²) < 4.78 is 27.8. The first kappa shape index (κ1) is 16.9. The quantitative estimate of drug-likeness (QED) is 0.778. The summed E-state index contributed by atoms with van der Waals surface area (Å²) in [6, 6.07) is 7.57. The van der Waals surface area contributed by atoms with Crippen LogP contribution in [-0.4, -0.2) is 36.9 Å². The van der Waals surface area contributed by atoms with Crippen LogP contribution >= 0.6 is 0 Å². The number of hydrogen-bond donors (Lipinski definition) is 3. The van der Waals surface area contributed by atoms with E-state index in [0.717, 1.165) is 25.7 Å². The molecule has 0 spiro atoms. The van der Waals surface area contributed by atoms with Crippen LogP contribution in [0.3, 0.4) is 0 Å². The topological polar surface area (TPSA) is 86.6 Å². The summed E-state index contributed by atoms with van der Waals surface area (Å²) in [5.74, 6) is 0.373. The Morgan fingerprint density at radius 1 is 1.00 bits per heavy atom. The Hall–Kier alpha value is -0.950. The Kier molecular flexibility index (Phi) is 5.06. The lowest BCUT2D eigenvalue weighted by atomic mass is 9.77. The number of aliphatic hydroxyl groups is 2. The average Bonchev–Trinajstić information content (AvgIpc) is 2.84. The van der Waals surface area contributed by atoms with Gasteiger partial charge in [-0.25, -0.2) is 13.1 Å². The van der Waals surface area contributed by atoms with Crippen LogP contribution in [0.5, 0.6) is 0 Å². The van der Waals surface area contributed by atoms with Crippen molar-refractivity contribution in [1.29, 1.82) is 0 Å². The molecule has 1 aromatic carbocycles. The van der Waals surface area contributed by atoms with Crippen molar-refractivity contribution in [3.8, 4) is 0 Å². The Labute approximate surface area is 137 Å². The zero-order valence-corrected chi connectivity index (χ0v) is 14.0. The van der Waals surface area contributed by atoms with E-state index in [-0.39, 0.29) is 10.8 Å². The van der Waals surface area contributed by atoms with E-state index in [1.807, 2.05) is 0 Å². The van der Waals surface area contributed by atoms with Crippen LogP contribution in [0.1, 0.15) is 38.5 Å². The summed E-state index contributed by atoms with van der Waals surface area (Å²) in [6.45, 7) is 0. The highest BCUT2D eigenvalue weighted by Gasteiger charge is 2.46. The Bertz CT molecular complexity index is 613. The molecule has 3 rings (SSSR count). The lowest BCUT2D eigenvalue weighted by Crippen LogP contribution is -2.47. The van der Waals surface area contributed by atoms with Crippen LogP contribution in [0.25, 0.3) is 0 Å². The smallest absolute Gasteiger partial charge is 0.240 e. The fraction of sp³-hybridized carbons (Fsp3) is 0.647. The van der Waals surface area contributed by atoms with E-state index in [0.29, 0.717) is 12.3 Å². The average molecular weight is 339 g/mol. The number of aliphatic hydroxyl groups excluding tert-OH is 2. The lowest BCUT2D eigenvalue weighted by molar-refractivity contribution is 0.0332. The van der Waals surface area contributed by atoms with Gasteiger partial charge in [0.2, 0.25) is 10.0 Å². The van der Waals surface area contributed by atoms with Gasteiger partial charge in [0.05, 0.1) is 23.1 Å². The van der Waals surface area contributed by atoms with Crippen LogP contribution in [0, 0.1) is 11.8 Å². The highest BCUT2D eigenvalue weighted by Crippen LogP contribution is 2.40. The molecule has 1 aromatic rings. The summed E-state index contributed by atoms with van der Waals surface area (Å²) in [5, 5.41) is 20.3. The molecule has 23 heavy (non-hydrogen) atoms. The molecule has 4 atom stereocenters. The summed E-state index contributed by atoms with van der Waals surface area (Å²) in [4.78, 5) is 0.191. The minimum absolute atomic E-state index is 0.00112. The molecule has 2 fully saturated rings. The highest BCUT2D eigenvalue weighted by atomic mass is 32.2. The van der Waals surface area contributed by atoms with Crippen molar-refractivity contribution in [1.82, 2.24) is 4.72 Å². The molecule has 0 unspecified atom stereocenters. The summed E-state index contributed by atoms with van der Waals surface area (Å²) >= 11 is 0. The zero-order valence-electron chi connectivity index (χ0n) is 13.1. The molecule has 0 radical (unpaired) electrons. The van der Waals surface area contributed by atoms with Gasteiger partial charge in [-0.1, -0.05) is 50.3 Å². The maximum atomic E-state index is 12.6. The molecule has 3 N–H and O–H groups in total. The van der Waals surface area contributed by atoms with E-state index in [9.17, 15) is 18.6 Å². The predicted octanol–water partition coefficient (Wildman–Crippen LogP) is 1.66. The second kappa shape index (κ2) is 6.89. The van der Waals surface area contributed by atoms with Crippen molar-refractivity contribution in [2.75, 3.05) is 0 Å². The summed E-state index contributed by atoms with van der Waals surface area (Å²) in [6.07, 6.45) is 4.17. The third-order valence-corrected chi connectivity index (χ3v) is 6.81. The molecule has 0 saturated heterocycles. The Morgan fingerprint density at radius 2 is 1.65 bits per heavy atom. The van der Waals surface area contributed by atoms with Gasteiger partial charge >= 0.3 is 0 Å². The van der Waals surface area contributed by atoms with Crippen LogP contribution < -0.4 is 4.72 Å². The summed E-state index contributed by atoms with van der Waals surface area (Å²) in [5.41, 5.74) is 0.